The molecule has 0 saturated heterocycles. The summed E-state index contributed by atoms with van der Waals surface area (Å²) in [6, 6.07) is 8.27. The van der Waals surface area contributed by atoms with Gasteiger partial charge in [-0.05, 0) is 37.3 Å². The molecular weight excluding hydrogens is 241 g/mol. The van der Waals surface area contributed by atoms with Gasteiger partial charge in [-0.1, -0.05) is 11.6 Å². The van der Waals surface area contributed by atoms with Crippen molar-refractivity contribution in [2.24, 2.45) is 0 Å². The van der Waals surface area contributed by atoms with Crippen molar-refractivity contribution in [2.75, 3.05) is 0 Å². The molecule has 1 heterocycles. The SMILES string of the molecule is C[C@H](NCc1cc(Cl)ccc1F)c1ccco1. The monoisotopic (exact) mass is 253 g/mol. The van der Waals surface area contributed by atoms with Gasteiger partial charge in [0.1, 0.15) is 11.6 Å². The van der Waals surface area contributed by atoms with E-state index in [4.69, 9.17) is 16.0 Å². The van der Waals surface area contributed by atoms with Crippen LogP contribution in [0, 0.1) is 5.82 Å². The number of hydrogen-bond acceptors (Lipinski definition) is 2. The van der Waals surface area contributed by atoms with Gasteiger partial charge in [-0.3, -0.25) is 0 Å². The van der Waals surface area contributed by atoms with Crippen molar-refractivity contribution in [3.05, 3.63) is 58.8 Å². The Morgan fingerprint density at radius 1 is 1.41 bits per heavy atom. The minimum Gasteiger partial charge on any atom is -0.468 e. The first-order valence-electron chi connectivity index (χ1n) is 5.37. The van der Waals surface area contributed by atoms with Crippen LogP contribution in [0.2, 0.25) is 5.02 Å². The van der Waals surface area contributed by atoms with Crippen LogP contribution in [0.15, 0.2) is 41.0 Å². The highest BCUT2D eigenvalue weighted by molar-refractivity contribution is 6.30. The first-order chi connectivity index (χ1) is 8.16. The standard InChI is InChI=1S/C13H13ClFNO/c1-9(13-3-2-6-17-13)16-8-10-7-11(14)4-5-12(10)15/h2-7,9,16H,8H2,1H3/t9-/m0/s1. The zero-order valence-corrected chi connectivity index (χ0v) is 10.2. The third-order valence-corrected chi connectivity index (χ3v) is 2.81. The first kappa shape index (κ1) is 12.1. The molecule has 0 aliphatic rings. The summed E-state index contributed by atoms with van der Waals surface area (Å²) in [6.45, 7) is 2.37. The van der Waals surface area contributed by atoms with Gasteiger partial charge in [-0.2, -0.15) is 0 Å². The Balaban J connectivity index is 2.00. The fraction of sp³-hybridized carbons (Fsp3) is 0.231. The van der Waals surface area contributed by atoms with Gasteiger partial charge in [-0.25, -0.2) is 4.39 Å². The zero-order valence-electron chi connectivity index (χ0n) is 9.41. The molecule has 1 aromatic heterocycles. The van der Waals surface area contributed by atoms with Crippen LogP contribution in [0.25, 0.3) is 0 Å². The van der Waals surface area contributed by atoms with E-state index in [0.29, 0.717) is 17.1 Å². The fourth-order valence-corrected chi connectivity index (χ4v) is 1.77. The Kier molecular flexibility index (Phi) is 3.82. The van der Waals surface area contributed by atoms with Crippen molar-refractivity contribution < 1.29 is 8.81 Å². The number of halogens is 2. The van der Waals surface area contributed by atoms with E-state index in [0.717, 1.165) is 5.76 Å². The van der Waals surface area contributed by atoms with Crippen molar-refractivity contribution in [3.63, 3.8) is 0 Å². The van der Waals surface area contributed by atoms with Crippen LogP contribution in [0.3, 0.4) is 0 Å². The van der Waals surface area contributed by atoms with E-state index in [1.54, 1.807) is 12.3 Å². The molecule has 0 aliphatic carbocycles. The molecule has 90 valence electrons. The van der Waals surface area contributed by atoms with Crippen molar-refractivity contribution in [3.8, 4) is 0 Å². The largest absolute Gasteiger partial charge is 0.468 e. The smallest absolute Gasteiger partial charge is 0.127 e. The first-order valence-corrected chi connectivity index (χ1v) is 5.75. The molecule has 0 aliphatic heterocycles. The molecule has 1 aromatic carbocycles. The molecule has 1 N–H and O–H groups in total. The lowest BCUT2D eigenvalue weighted by molar-refractivity contribution is 0.427. The third kappa shape index (κ3) is 3.08. The van der Waals surface area contributed by atoms with E-state index in [1.807, 2.05) is 19.1 Å². The van der Waals surface area contributed by atoms with Crippen LogP contribution >= 0.6 is 11.6 Å². The topological polar surface area (TPSA) is 25.2 Å². The summed E-state index contributed by atoms with van der Waals surface area (Å²) in [7, 11) is 0. The number of hydrogen-bond donors (Lipinski definition) is 1. The third-order valence-electron chi connectivity index (χ3n) is 2.58. The van der Waals surface area contributed by atoms with Gasteiger partial charge in [0.05, 0.1) is 12.3 Å². The molecule has 2 aromatic rings. The summed E-state index contributed by atoms with van der Waals surface area (Å²) >= 11 is 5.82. The Labute approximate surface area is 104 Å². The van der Waals surface area contributed by atoms with E-state index >= 15 is 0 Å². The van der Waals surface area contributed by atoms with Gasteiger partial charge in [-0.15, -0.1) is 0 Å². The second-order valence-electron chi connectivity index (χ2n) is 3.85. The molecule has 0 saturated carbocycles. The van der Waals surface area contributed by atoms with E-state index < -0.39 is 0 Å². The maximum atomic E-state index is 13.4. The Morgan fingerprint density at radius 2 is 2.24 bits per heavy atom. The normalized spacial score (nSPS) is 12.6. The molecule has 0 radical (unpaired) electrons. The maximum Gasteiger partial charge on any atom is 0.127 e. The summed E-state index contributed by atoms with van der Waals surface area (Å²) < 4.78 is 18.7. The lowest BCUT2D eigenvalue weighted by Gasteiger charge is -2.11. The second-order valence-corrected chi connectivity index (χ2v) is 4.29. The molecule has 0 amide bonds. The lowest BCUT2D eigenvalue weighted by atomic mass is 10.2. The summed E-state index contributed by atoms with van der Waals surface area (Å²) in [5, 5.41) is 3.71. The summed E-state index contributed by atoms with van der Waals surface area (Å²) in [6.07, 6.45) is 1.62. The van der Waals surface area contributed by atoms with Crippen LogP contribution < -0.4 is 5.32 Å². The highest BCUT2D eigenvalue weighted by Crippen LogP contribution is 2.17. The minimum atomic E-state index is -0.256. The molecule has 17 heavy (non-hydrogen) atoms. The lowest BCUT2D eigenvalue weighted by Crippen LogP contribution is -2.18. The average molecular weight is 254 g/mol. The molecule has 1 atom stereocenters. The van der Waals surface area contributed by atoms with Crippen LogP contribution in [-0.2, 0) is 6.54 Å². The predicted octanol–water partition coefficient (Wildman–Crippen LogP) is 3.92. The van der Waals surface area contributed by atoms with E-state index in [1.165, 1.54) is 12.1 Å². The van der Waals surface area contributed by atoms with Crippen LogP contribution in [0.5, 0.6) is 0 Å². The molecular formula is C13H13ClFNO. The Bertz CT molecular complexity index is 484. The van der Waals surface area contributed by atoms with Gasteiger partial charge < -0.3 is 9.73 Å². The minimum absolute atomic E-state index is 0.0309. The molecule has 2 nitrogen and oxygen atoms in total. The summed E-state index contributed by atoms with van der Waals surface area (Å²) in [4.78, 5) is 0. The Morgan fingerprint density at radius 3 is 2.94 bits per heavy atom. The van der Waals surface area contributed by atoms with Gasteiger partial charge in [0.15, 0.2) is 0 Å². The van der Waals surface area contributed by atoms with Gasteiger partial charge in [0.25, 0.3) is 0 Å². The zero-order chi connectivity index (χ0) is 12.3. The predicted molar refractivity (Wildman–Crippen MR) is 65.4 cm³/mol. The molecule has 0 unspecified atom stereocenters. The van der Waals surface area contributed by atoms with Gasteiger partial charge >= 0.3 is 0 Å². The van der Waals surface area contributed by atoms with E-state index in [9.17, 15) is 4.39 Å². The van der Waals surface area contributed by atoms with Gasteiger partial charge in [0.2, 0.25) is 0 Å². The van der Waals surface area contributed by atoms with Crippen molar-refractivity contribution in [1.82, 2.24) is 5.32 Å². The highest BCUT2D eigenvalue weighted by Gasteiger charge is 2.09. The molecule has 0 bridgehead atoms. The fourth-order valence-electron chi connectivity index (χ4n) is 1.58. The number of nitrogens with one attached hydrogen (secondary N) is 1. The molecule has 0 fully saturated rings. The number of rotatable bonds is 4. The molecule has 0 spiro atoms. The summed E-state index contributed by atoms with van der Waals surface area (Å²) in [5.41, 5.74) is 0.552. The quantitative estimate of drug-likeness (QED) is 0.893. The number of furan rings is 1. The van der Waals surface area contributed by atoms with Crippen molar-refractivity contribution in [1.29, 1.82) is 0 Å². The maximum absolute atomic E-state index is 13.4. The van der Waals surface area contributed by atoms with Gasteiger partial charge in [0, 0.05) is 17.1 Å². The Hall–Kier alpha value is -1.32. The second kappa shape index (κ2) is 5.34. The average Bonchev–Trinajstić information content (AvgIpc) is 2.83. The van der Waals surface area contributed by atoms with Crippen LogP contribution in [0.1, 0.15) is 24.3 Å². The van der Waals surface area contributed by atoms with E-state index in [2.05, 4.69) is 5.32 Å². The van der Waals surface area contributed by atoms with E-state index in [-0.39, 0.29) is 11.9 Å². The van der Waals surface area contributed by atoms with Crippen LogP contribution in [0.4, 0.5) is 4.39 Å². The molecule has 4 heteroatoms. The highest BCUT2D eigenvalue weighted by atomic mass is 35.5. The van der Waals surface area contributed by atoms with Crippen LogP contribution in [-0.4, -0.2) is 0 Å². The number of benzene rings is 1. The van der Waals surface area contributed by atoms with Crippen molar-refractivity contribution in [2.45, 2.75) is 19.5 Å². The molecule has 2 rings (SSSR count). The summed E-state index contributed by atoms with van der Waals surface area (Å²) in [5.74, 6) is 0.570. The van der Waals surface area contributed by atoms with Crippen molar-refractivity contribution >= 4 is 11.6 Å².